The molecular weight excluding hydrogens is 424 g/mol. The summed E-state index contributed by atoms with van der Waals surface area (Å²) < 4.78 is 5.06. The number of nitrogens with zero attached hydrogens (tertiary/aromatic N) is 4. The number of benzene rings is 2. The van der Waals surface area contributed by atoms with Crippen molar-refractivity contribution in [3.05, 3.63) is 59.8 Å². The van der Waals surface area contributed by atoms with Crippen LogP contribution in [-0.2, 0) is 9.53 Å². The molecule has 2 aromatic carbocycles. The van der Waals surface area contributed by atoms with Gasteiger partial charge in [-0.1, -0.05) is 50.2 Å². The molecule has 3 aromatic rings. The van der Waals surface area contributed by atoms with Gasteiger partial charge in [0.2, 0.25) is 5.91 Å². The summed E-state index contributed by atoms with van der Waals surface area (Å²) in [7, 11) is 1.61. The molecule has 6 nitrogen and oxygen atoms in total. The summed E-state index contributed by atoms with van der Waals surface area (Å²) in [5.74, 6) is 1.02. The molecule has 0 spiro atoms. The third kappa shape index (κ3) is 4.76. The number of ether oxygens (including phenoxy) is 1. The smallest absolute Gasteiger partial charge is 0.225 e. The lowest BCUT2D eigenvalue weighted by atomic mass is 9.94. The van der Waals surface area contributed by atoms with E-state index in [4.69, 9.17) is 9.72 Å². The fourth-order valence-electron chi connectivity index (χ4n) is 4.72. The Morgan fingerprint density at radius 3 is 2.62 bits per heavy atom. The van der Waals surface area contributed by atoms with Crippen LogP contribution >= 0.6 is 0 Å². The Balaban J connectivity index is 1.68. The summed E-state index contributed by atoms with van der Waals surface area (Å²) in [4.78, 5) is 21.7. The molecule has 1 saturated heterocycles. The van der Waals surface area contributed by atoms with E-state index in [9.17, 15) is 10.1 Å². The van der Waals surface area contributed by atoms with Crippen LogP contribution < -0.4 is 4.90 Å². The highest BCUT2D eigenvalue weighted by molar-refractivity contribution is 5.88. The van der Waals surface area contributed by atoms with Crippen LogP contribution in [0.15, 0.2) is 48.5 Å². The van der Waals surface area contributed by atoms with Gasteiger partial charge in [0.05, 0.1) is 24.3 Å². The van der Waals surface area contributed by atoms with Crippen molar-refractivity contribution in [3.63, 3.8) is 0 Å². The second kappa shape index (κ2) is 10.2. The lowest BCUT2D eigenvalue weighted by Gasteiger charge is -2.41. The van der Waals surface area contributed by atoms with Gasteiger partial charge < -0.3 is 14.5 Å². The minimum Gasteiger partial charge on any atom is -0.384 e. The molecule has 1 atom stereocenters. The Morgan fingerprint density at radius 1 is 1.18 bits per heavy atom. The summed E-state index contributed by atoms with van der Waals surface area (Å²) in [6.07, 6.45) is 0.389. The zero-order valence-electron chi connectivity index (χ0n) is 20.4. The number of carbonyl (C=O) groups excluding carboxylic acids is 1. The van der Waals surface area contributed by atoms with E-state index < -0.39 is 0 Å². The van der Waals surface area contributed by atoms with Crippen LogP contribution in [0, 0.1) is 11.3 Å². The van der Waals surface area contributed by atoms with Gasteiger partial charge >= 0.3 is 0 Å². The summed E-state index contributed by atoms with van der Waals surface area (Å²) in [6.45, 7) is 8.66. The van der Waals surface area contributed by atoms with Crippen LogP contribution in [0.4, 0.5) is 5.82 Å². The van der Waals surface area contributed by atoms with Crippen LogP contribution in [-0.4, -0.2) is 55.2 Å². The molecule has 176 valence electrons. The molecule has 0 N–H and O–H groups in total. The average molecular weight is 457 g/mol. The van der Waals surface area contributed by atoms with Gasteiger partial charge in [0.15, 0.2) is 0 Å². The summed E-state index contributed by atoms with van der Waals surface area (Å²) >= 11 is 0. The highest BCUT2D eigenvalue weighted by atomic mass is 16.5. The molecule has 1 unspecified atom stereocenters. The van der Waals surface area contributed by atoms with Gasteiger partial charge in [-0.15, -0.1) is 0 Å². The van der Waals surface area contributed by atoms with Crippen molar-refractivity contribution in [1.29, 1.82) is 5.26 Å². The number of aromatic nitrogens is 1. The molecule has 0 bridgehead atoms. The SMILES string of the molecule is COCCC(=O)N1CCN(c2nc(C(C)C)c(-c3ccc4ccccc4c3)cc2C#N)CC1C. The van der Waals surface area contributed by atoms with Gasteiger partial charge in [0.1, 0.15) is 11.9 Å². The molecule has 2 heterocycles. The number of pyridine rings is 1. The van der Waals surface area contributed by atoms with Gasteiger partial charge in [-0.25, -0.2) is 4.98 Å². The Bertz CT molecular complexity index is 1230. The molecule has 6 heteroatoms. The number of anilines is 1. The van der Waals surface area contributed by atoms with Crippen LogP contribution in [0.2, 0.25) is 0 Å². The van der Waals surface area contributed by atoms with Gasteiger partial charge in [0, 0.05) is 38.3 Å². The van der Waals surface area contributed by atoms with Gasteiger partial charge in [0.25, 0.3) is 0 Å². The summed E-state index contributed by atoms with van der Waals surface area (Å²) in [5.41, 5.74) is 3.62. The van der Waals surface area contributed by atoms with E-state index in [1.165, 1.54) is 10.8 Å². The number of hydrogen-bond donors (Lipinski definition) is 0. The van der Waals surface area contributed by atoms with E-state index >= 15 is 0 Å². The first-order chi connectivity index (χ1) is 16.4. The van der Waals surface area contributed by atoms with E-state index in [0.29, 0.717) is 44.0 Å². The Kier molecular flexibility index (Phi) is 7.14. The summed E-state index contributed by atoms with van der Waals surface area (Å²) in [6, 6.07) is 19.1. The molecule has 4 rings (SSSR count). The molecule has 0 radical (unpaired) electrons. The molecule has 1 aliphatic heterocycles. The lowest BCUT2D eigenvalue weighted by Crippen LogP contribution is -2.54. The van der Waals surface area contributed by atoms with E-state index in [2.05, 4.69) is 62.1 Å². The van der Waals surface area contributed by atoms with Crippen molar-refractivity contribution < 1.29 is 9.53 Å². The van der Waals surface area contributed by atoms with Gasteiger partial charge in [-0.3, -0.25) is 4.79 Å². The molecule has 0 aliphatic carbocycles. The number of fused-ring (bicyclic) bond motifs is 1. The number of nitriles is 1. The predicted molar refractivity (Wildman–Crippen MR) is 136 cm³/mol. The second-order valence-electron chi connectivity index (χ2n) is 9.25. The third-order valence-electron chi connectivity index (χ3n) is 6.53. The van der Waals surface area contributed by atoms with E-state index in [1.807, 2.05) is 23.1 Å². The Morgan fingerprint density at radius 2 is 1.94 bits per heavy atom. The van der Waals surface area contributed by atoms with Crippen molar-refractivity contribution in [2.75, 3.05) is 38.3 Å². The van der Waals surface area contributed by atoms with Crippen molar-refractivity contribution in [2.45, 2.75) is 39.2 Å². The first-order valence-corrected chi connectivity index (χ1v) is 11.9. The minimum atomic E-state index is 0.0362. The molecule has 1 amide bonds. The molecule has 0 saturated carbocycles. The first kappa shape index (κ1) is 23.7. The zero-order chi connectivity index (χ0) is 24.2. The number of piperazine rings is 1. The molecule has 1 fully saturated rings. The van der Waals surface area contributed by atoms with Crippen LogP contribution in [0.3, 0.4) is 0 Å². The lowest BCUT2D eigenvalue weighted by molar-refractivity contribution is -0.134. The predicted octanol–water partition coefficient (Wildman–Crippen LogP) is 4.97. The van der Waals surface area contributed by atoms with Gasteiger partial charge in [-0.2, -0.15) is 5.26 Å². The molecule has 34 heavy (non-hydrogen) atoms. The maximum Gasteiger partial charge on any atom is 0.225 e. The van der Waals surface area contributed by atoms with Crippen LogP contribution in [0.5, 0.6) is 0 Å². The maximum atomic E-state index is 12.5. The number of hydrogen-bond acceptors (Lipinski definition) is 5. The van der Waals surface area contributed by atoms with Gasteiger partial charge in [-0.05, 0) is 41.3 Å². The van der Waals surface area contributed by atoms with Crippen LogP contribution in [0.25, 0.3) is 21.9 Å². The molecule has 1 aliphatic rings. The maximum absolute atomic E-state index is 12.5. The highest BCUT2D eigenvalue weighted by Gasteiger charge is 2.29. The monoisotopic (exact) mass is 456 g/mol. The van der Waals surface area contributed by atoms with Crippen molar-refractivity contribution in [1.82, 2.24) is 9.88 Å². The Labute approximate surface area is 201 Å². The van der Waals surface area contributed by atoms with Crippen LogP contribution in [0.1, 0.15) is 44.4 Å². The Hall–Kier alpha value is -3.43. The van der Waals surface area contributed by atoms with Crippen molar-refractivity contribution >= 4 is 22.5 Å². The standard InChI is InChI=1S/C28H32N4O2/c1-19(2)27-25(23-10-9-21-7-5-6-8-22(21)15-23)16-24(17-29)28(30-27)31-12-13-32(20(3)18-31)26(33)11-14-34-4/h5-10,15-16,19-20H,11-14,18H2,1-4H3. The fraction of sp³-hybridized carbons (Fsp3) is 0.393. The average Bonchev–Trinajstić information content (AvgIpc) is 2.86. The normalized spacial score (nSPS) is 16.2. The fourth-order valence-corrected chi connectivity index (χ4v) is 4.72. The number of carbonyl (C=O) groups is 1. The highest BCUT2D eigenvalue weighted by Crippen LogP contribution is 2.34. The number of rotatable bonds is 6. The molecule has 1 aromatic heterocycles. The zero-order valence-corrected chi connectivity index (χ0v) is 20.4. The number of amides is 1. The van der Waals surface area contributed by atoms with E-state index in [0.717, 1.165) is 16.8 Å². The first-order valence-electron chi connectivity index (χ1n) is 11.9. The minimum absolute atomic E-state index is 0.0362. The summed E-state index contributed by atoms with van der Waals surface area (Å²) in [5, 5.41) is 12.4. The third-order valence-corrected chi connectivity index (χ3v) is 6.53. The van der Waals surface area contributed by atoms with Crippen molar-refractivity contribution in [2.24, 2.45) is 0 Å². The van der Waals surface area contributed by atoms with E-state index in [-0.39, 0.29) is 17.9 Å². The topological polar surface area (TPSA) is 69.5 Å². The second-order valence-corrected chi connectivity index (χ2v) is 9.25. The molecular formula is C28H32N4O2. The van der Waals surface area contributed by atoms with Crippen molar-refractivity contribution in [3.8, 4) is 17.2 Å². The van der Waals surface area contributed by atoms with E-state index in [1.54, 1.807) is 7.11 Å². The largest absolute Gasteiger partial charge is 0.384 e. The quantitative estimate of drug-likeness (QED) is 0.524. The number of methoxy groups -OCH3 is 1.